The summed E-state index contributed by atoms with van der Waals surface area (Å²) in [5, 5.41) is 4.40. The second kappa shape index (κ2) is 4.11. The summed E-state index contributed by atoms with van der Waals surface area (Å²) in [6, 6.07) is 0.432. The summed E-state index contributed by atoms with van der Waals surface area (Å²) >= 11 is 0. The molecule has 0 spiro atoms. The molecule has 0 bridgehead atoms. The Bertz CT molecular complexity index is 302. The van der Waals surface area contributed by atoms with Crippen LogP contribution in [0.1, 0.15) is 23.7 Å². The Labute approximate surface area is 84.0 Å². The molecular formula is C10H17N3O. The van der Waals surface area contributed by atoms with E-state index in [1.54, 1.807) is 0 Å². The predicted molar refractivity (Wildman–Crippen MR) is 54.2 cm³/mol. The SMILES string of the molecule is Cc1c(CCN)cnn1C1CCOC1. The van der Waals surface area contributed by atoms with Crippen molar-refractivity contribution in [3.63, 3.8) is 0 Å². The Hall–Kier alpha value is -0.870. The van der Waals surface area contributed by atoms with Gasteiger partial charge in [-0.3, -0.25) is 4.68 Å². The van der Waals surface area contributed by atoms with E-state index in [0.717, 1.165) is 26.1 Å². The van der Waals surface area contributed by atoms with Gasteiger partial charge in [-0.2, -0.15) is 5.10 Å². The van der Waals surface area contributed by atoms with Crippen LogP contribution < -0.4 is 5.73 Å². The lowest BCUT2D eigenvalue weighted by Gasteiger charge is -2.11. The van der Waals surface area contributed by atoms with Crippen molar-refractivity contribution in [2.45, 2.75) is 25.8 Å². The third kappa shape index (κ3) is 1.67. The number of hydrogen-bond acceptors (Lipinski definition) is 3. The van der Waals surface area contributed by atoms with E-state index in [0.29, 0.717) is 12.6 Å². The summed E-state index contributed by atoms with van der Waals surface area (Å²) in [5.41, 5.74) is 8.04. The number of rotatable bonds is 3. The van der Waals surface area contributed by atoms with Crippen LogP contribution in [0.3, 0.4) is 0 Å². The van der Waals surface area contributed by atoms with Gasteiger partial charge < -0.3 is 10.5 Å². The Kier molecular flexibility index (Phi) is 2.84. The van der Waals surface area contributed by atoms with Crippen LogP contribution in [0.25, 0.3) is 0 Å². The Balaban J connectivity index is 2.17. The van der Waals surface area contributed by atoms with Crippen LogP contribution in [0.4, 0.5) is 0 Å². The smallest absolute Gasteiger partial charge is 0.0777 e. The second-order valence-electron chi connectivity index (χ2n) is 3.76. The molecule has 0 aliphatic carbocycles. The van der Waals surface area contributed by atoms with Crippen molar-refractivity contribution in [1.29, 1.82) is 0 Å². The zero-order chi connectivity index (χ0) is 9.97. The maximum atomic E-state index is 5.53. The normalized spacial score (nSPS) is 21.7. The van der Waals surface area contributed by atoms with Crippen molar-refractivity contribution in [3.8, 4) is 0 Å². The molecule has 14 heavy (non-hydrogen) atoms. The minimum Gasteiger partial charge on any atom is -0.379 e. The molecule has 4 nitrogen and oxygen atoms in total. The van der Waals surface area contributed by atoms with E-state index in [4.69, 9.17) is 10.5 Å². The molecule has 1 fully saturated rings. The third-order valence-corrected chi connectivity index (χ3v) is 2.81. The predicted octanol–water partition coefficient (Wildman–Crippen LogP) is 0.654. The summed E-state index contributed by atoms with van der Waals surface area (Å²) in [5.74, 6) is 0. The van der Waals surface area contributed by atoms with Crippen molar-refractivity contribution in [3.05, 3.63) is 17.5 Å². The molecule has 1 aliphatic heterocycles. The molecule has 1 atom stereocenters. The Morgan fingerprint density at radius 2 is 2.57 bits per heavy atom. The average molecular weight is 195 g/mol. The standard InChI is InChI=1S/C10H17N3O/c1-8-9(2-4-11)6-12-13(8)10-3-5-14-7-10/h6,10H,2-5,7,11H2,1H3. The molecular weight excluding hydrogens is 178 g/mol. The minimum atomic E-state index is 0.432. The summed E-state index contributed by atoms with van der Waals surface area (Å²) < 4.78 is 7.43. The van der Waals surface area contributed by atoms with Crippen LogP contribution in [-0.4, -0.2) is 29.5 Å². The molecule has 2 rings (SSSR count). The van der Waals surface area contributed by atoms with E-state index in [2.05, 4.69) is 16.7 Å². The van der Waals surface area contributed by atoms with Gasteiger partial charge in [0.15, 0.2) is 0 Å². The molecule has 2 heterocycles. The molecule has 0 amide bonds. The first-order chi connectivity index (χ1) is 6.83. The molecule has 0 radical (unpaired) electrons. The average Bonchev–Trinajstić information content (AvgIpc) is 2.77. The molecule has 1 saturated heterocycles. The van der Waals surface area contributed by atoms with Crippen molar-refractivity contribution in [2.75, 3.05) is 19.8 Å². The van der Waals surface area contributed by atoms with Gasteiger partial charge in [-0.05, 0) is 31.9 Å². The molecule has 1 aromatic rings. The molecule has 2 N–H and O–H groups in total. The van der Waals surface area contributed by atoms with Crippen molar-refractivity contribution < 1.29 is 4.74 Å². The fourth-order valence-corrected chi connectivity index (χ4v) is 1.94. The van der Waals surface area contributed by atoms with E-state index in [-0.39, 0.29) is 0 Å². The Morgan fingerprint density at radius 3 is 3.21 bits per heavy atom. The van der Waals surface area contributed by atoms with Gasteiger partial charge in [0, 0.05) is 12.3 Å². The highest BCUT2D eigenvalue weighted by molar-refractivity contribution is 5.17. The van der Waals surface area contributed by atoms with Crippen molar-refractivity contribution in [1.82, 2.24) is 9.78 Å². The molecule has 1 aliphatic rings. The van der Waals surface area contributed by atoms with Gasteiger partial charge in [-0.15, -0.1) is 0 Å². The first kappa shape index (κ1) is 9.68. The first-order valence-electron chi connectivity index (χ1n) is 5.13. The van der Waals surface area contributed by atoms with Crippen molar-refractivity contribution in [2.24, 2.45) is 5.73 Å². The summed E-state index contributed by atoms with van der Waals surface area (Å²) in [6.45, 7) is 4.45. The van der Waals surface area contributed by atoms with Crippen LogP contribution in [-0.2, 0) is 11.2 Å². The number of nitrogens with zero attached hydrogens (tertiary/aromatic N) is 2. The summed E-state index contributed by atoms with van der Waals surface area (Å²) in [7, 11) is 0. The number of hydrogen-bond donors (Lipinski definition) is 1. The van der Waals surface area contributed by atoms with E-state index in [1.807, 2.05) is 6.20 Å². The third-order valence-electron chi connectivity index (χ3n) is 2.81. The van der Waals surface area contributed by atoms with Crippen LogP contribution in [0.5, 0.6) is 0 Å². The number of nitrogens with two attached hydrogens (primary N) is 1. The fraction of sp³-hybridized carbons (Fsp3) is 0.700. The highest BCUT2D eigenvalue weighted by atomic mass is 16.5. The van der Waals surface area contributed by atoms with Crippen LogP contribution >= 0.6 is 0 Å². The first-order valence-corrected chi connectivity index (χ1v) is 5.13. The van der Waals surface area contributed by atoms with E-state index < -0.39 is 0 Å². The van der Waals surface area contributed by atoms with E-state index >= 15 is 0 Å². The molecule has 0 aromatic carbocycles. The van der Waals surface area contributed by atoms with E-state index in [9.17, 15) is 0 Å². The lowest BCUT2D eigenvalue weighted by atomic mass is 10.2. The van der Waals surface area contributed by atoms with E-state index in [1.165, 1.54) is 11.3 Å². The lowest BCUT2D eigenvalue weighted by Crippen LogP contribution is -2.12. The van der Waals surface area contributed by atoms with Gasteiger partial charge in [0.1, 0.15) is 0 Å². The summed E-state index contributed by atoms with van der Waals surface area (Å²) in [6.07, 6.45) is 3.92. The fourth-order valence-electron chi connectivity index (χ4n) is 1.94. The second-order valence-corrected chi connectivity index (χ2v) is 3.76. The van der Waals surface area contributed by atoms with Crippen LogP contribution in [0.2, 0.25) is 0 Å². The zero-order valence-corrected chi connectivity index (χ0v) is 8.57. The molecule has 1 unspecified atom stereocenters. The van der Waals surface area contributed by atoms with Crippen LogP contribution in [0.15, 0.2) is 6.20 Å². The maximum absolute atomic E-state index is 5.53. The molecule has 1 aromatic heterocycles. The maximum Gasteiger partial charge on any atom is 0.0777 e. The molecule has 4 heteroatoms. The molecule has 78 valence electrons. The highest BCUT2D eigenvalue weighted by Crippen LogP contribution is 2.21. The van der Waals surface area contributed by atoms with Gasteiger partial charge in [0.25, 0.3) is 0 Å². The quantitative estimate of drug-likeness (QED) is 0.770. The highest BCUT2D eigenvalue weighted by Gasteiger charge is 2.20. The monoisotopic (exact) mass is 195 g/mol. The summed E-state index contributed by atoms with van der Waals surface area (Å²) in [4.78, 5) is 0. The van der Waals surface area contributed by atoms with Crippen LogP contribution in [0, 0.1) is 6.92 Å². The van der Waals surface area contributed by atoms with Gasteiger partial charge >= 0.3 is 0 Å². The number of aromatic nitrogens is 2. The minimum absolute atomic E-state index is 0.432. The van der Waals surface area contributed by atoms with Gasteiger partial charge in [-0.1, -0.05) is 0 Å². The molecule has 0 saturated carbocycles. The van der Waals surface area contributed by atoms with Crippen molar-refractivity contribution >= 4 is 0 Å². The topological polar surface area (TPSA) is 53.1 Å². The van der Waals surface area contributed by atoms with Gasteiger partial charge in [0.2, 0.25) is 0 Å². The van der Waals surface area contributed by atoms with Gasteiger partial charge in [-0.25, -0.2) is 0 Å². The largest absolute Gasteiger partial charge is 0.379 e. The number of ether oxygens (including phenoxy) is 1. The zero-order valence-electron chi connectivity index (χ0n) is 8.57. The Morgan fingerprint density at radius 1 is 1.71 bits per heavy atom. The van der Waals surface area contributed by atoms with Gasteiger partial charge in [0.05, 0.1) is 18.8 Å². The lowest BCUT2D eigenvalue weighted by molar-refractivity contribution is 0.184.